The number of hydrogen-bond acceptors (Lipinski definition) is 3. The van der Waals surface area contributed by atoms with Gasteiger partial charge in [-0.2, -0.15) is 0 Å². The van der Waals surface area contributed by atoms with Crippen LogP contribution in [0.15, 0.2) is 24.3 Å². The lowest BCUT2D eigenvalue weighted by molar-refractivity contribution is -0.134. The molecule has 1 aliphatic carbocycles. The lowest BCUT2D eigenvalue weighted by Crippen LogP contribution is -2.49. The summed E-state index contributed by atoms with van der Waals surface area (Å²) in [6, 6.07) is 7.31. The van der Waals surface area contributed by atoms with Gasteiger partial charge in [0.1, 0.15) is 0 Å². The molecule has 2 aliphatic rings. The van der Waals surface area contributed by atoms with Crippen LogP contribution in [0.5, 0.6) is 0 Å². The molecule has 0 spiro atoms. The van der Waals surface area contributed by atoms with E-state index in [9.17, 15) is 9.59 Å². The van der Waals surface area contributed by atoms with Crippen molar-refractivity contribution < 1.29 is 14.7 Å². The highest BCUT2D eigenvalue weighted by Gasteiger charge is 2.35. The Hall–Kier alpha value is -1.88. The molecule has 1 N–H and O–H groups in total. The Morgan fingerprint density at radius 3 is 2.18 bits per heavy atom. The summed E-state index contributed by atoms with van der Waals surface area (Å²) in [5.41, 5.74) is 1.43. The van der Waals surface area contributed by atoms with Crippen molar-refractivity contribution in [1.82, 2.24) is 9.80 Å². The van der Waals surface area contributed by atoms with Crippen molar-refractivity contribution >= 4 is 11.9 Å². The van der Waals surface area contributed by atoms with E-state index in [0.29, 0.717) is 17.4 Å². The zero-order valence-electron chi connectivity index (χ0n) is 12.9. The summed E-state index contributed by atoms with van der Waals surface area (Å²) in [5.74, 6) is -0.267. The van der Waals surface area contributed by atoms with Crippen LogP contribution in [0, 0.1) is 5.92 Å². The van der Waals surface area contributed by atoms with Gasteiger partial charge in [0.25, 0.3) is 0 Å². The number of benzene rings is 1. The molecule has 2 fully saturated rings. The first-order chi connectivity index (χ1) is 10.6. The highest BCUT2D eigenvalue weighted by atomic mass is 16.4. The third kappa shape index (κ3) is 3.14. The molecular weight excluding hydrogens is 280 g/mol. The summed E-state index contributed by atoms with van der Waals surface area (Å²) >= 11 is 0. The van der Waals surface area contributed by atoms with E-state index in [1.165, 1.54) is 0 Å². The van der Waals surface area contributed by atoms with E-state index in [2.05, 4.69) is 11.8 Å². The number of piperazine rings is 1. The van der Waals surface area contributed by atoms with Crippen molar-refractivity contribution in [3.05, 3.63) is 35.4 Å². The van der Waals surface area contributed by atoms with Gasteiger partial charge in [-0.25, -0.2) is 4.79 Å². The van der Waals surface area contributed by atoms with Gasteiger partial charge in [0.15, 0.2) is 0 Å². The zero-order chi connectivity index (χ0) is 15.7. The number of carboxylic acid groups (broad SMARTS) is 1. The Labute approximate surface area is 130 Å². The van der Waals surface area contributed by atoms with Crippen molar-refractivity contribution in [1.29, 1.82) is 0 Å². The molecule has 1 aromatic carbocycles. The molecule has 1 atom stereocenters. The first-order valence-corrected chi connectivity index (χ1v) is 7.92. The molecule has 1 saturated carbocycles. The summed E-state index contributed by atoms with van der Waals surface area (Å²) in [5, 5.41) is 8.95. The van der Waals surface area contributed by atoms with Crippen molar-refractivity contribution in [2.24, 2.45) is 5.92 Å². The van der Waals surface area contributed by atoms with E-state index in [-0.39, 0.29) is 6.04 Å². The van der Waals surface area contributed by atoms with Crippen LogP contribution < -0.4 is 0 Å². The smallest absolute Gasteiger partial charge is 0.335 e. The number of aromatic carboxylic acids is 1. The largest absolute Gasteiger partial charge is 0.478 e. The summed E-state index contributed by atoms with van der Waals surface area (Å²) < 4.78 is 0. The van der Waals surface area contributed by atoms with Gasteiger partial charge < -0.3 is 10.0 Å². The topological polar surface area (TPSA) is 60.9 Å². The second-order valence-corrected chi connectivity index (χ2v) is 6.24. The molecule has 5 nitrogen and oxygen atoms in total. The maximum absolute atomic E-state index is 12.1. The van der Waals surface area contributed by atoms with Crippen LogP contribution in [-0.2, 0) is 4.79 Å². The summed E-state index contributed by atoms with van der Waals surface area (Å²) in [6.07, 6.45) is 2.12. The van der Waals surface area contributed by atoms with Crippen LogP contribution in [0.3, 0.4) is 0 Å². The first-order valence-electron chi connectivity index (χ1n) is 7.92. The second-order valence-electron chi connectivity index (χ2n) is 6.24. The van der Waals surface area contributed by atoms with E-state index in [0.717, 1.165) is 44.6 Å². The highest BCUT2D eigenvalue weighted by molar-refractivity contribution is 5.87. The number of nitrogens with zero attached hydrogens (tertiary/aromatic N) is 2. The minimum atomic E-state index is -0.897. The fourth-order valence-electron chi connectivity index (χ4n) is 3.03. The monoisotopic (exact) mass is 302 g/mol. The molecule has 1 aromatic rings. The van der Waals surface area contributed by atoms with Gasteiger partial charge in [0, 0.05) is 38.1 Å². The van der Waals surface area contributed by atoms with Crippen molar-refractivity contribution in [3.8, 4) is 0 Å². The summed E-state index contributed by atoms with van der Waals surface area (Å²) in [4.78, 5) is 27.3. The fraction of sp³-hybridized carbons (Fsp3) is 0.529. The van der Waals surface area contributed by atoms with Crippen LogP contribution in [0.25, 0.3) is 0 Å². The Balaban J connectivity index is 1.58. The quantitative estimate of drug-likeness (QED) is 0.924. The molecule has 1 amide bonds. The van der Waals surface area contributed by atoms with Crippen molar-refractivity contribution in [2.45, 2.75) is 25.8 Å². The third-order valence-electron chi connectivity index (χ3n) is 4.74. The maximum Gasteiger partial charge on any atom is 0.335 e. The van der Waals surface area contributed by atoms with Crippen molar-refractivity contribution in [2.75, 3.05) is 26.2 Å². The van der Waals surface area contributed by atoms with Crippen LogP contribution in [0.1, 0.15) is 41.7 Å². The minimum Gasteiger partial charge on any atom is -0.478 e. The SMILES string of the molecule is CC(c1ccc(C(=O)O)cc1)N1CCN(C(=O)C2CC2)CC1. The fourth-order valence-corrected chi connectivity index (χ4v) is 3.03. The molecule has 1 aliphatic heterocycles. The Morgan fingerprint density at radius 2 is 1.68 bits per heavy atom. The average Bonchev–Trinajstić information content (AvgIpc) is 3.38. The van der Waals surface area contributed by atoms with Gasteiger partial charge >= 0.3 is 5.97 Å². The van der Waals surface area contributed by atoms with Crippen molar-refractivity contribution in [3.63, 3.8) is 0 Å². The van der Waals surface area contributed by atoms with Crippen LogP contribution >= 0.6 is 0 Å². The molecule has 1 heterocycles. The molecule has 1 saturated heterocycles. The molecule has 0 radical (unpaired) electrons. The highest BCUT2D eigenvalue weighted by Crippen LogP contribution is 2.31. The standard InChI is InChI=1S/C17H22N2O3/c1-12(13-2-6-15(7-3-13)17(21)22)18-8-10-19(11-9-18)16(20)14-4-5-14/h2-3,6-7,12,14H,4-5,8-11H2,1H3,(H,21,22). The maximum atomic E-state index is 12.1. The number of hydrogen-bond donors (Lipinski definition) is 1. The van der Waals surface area contributed by atoms with Crippen LogP contribution in [0.4, 0.5) is 0 Å². The molecule has 22 heavy (non-hydrogen) atoms. The lowest BCUT2D eigenvalue weighted by Gasteiger charge is -2.38. The minimum absolute atomic E-state index is 0.237. The average molecular weight is 302 g/mol. The van der Waals surface area contributed by atoms with Gasteiger partial charge in [0.2, 0.25) is 5.91 Å². The van der Waals surface area contributed by atoms with Crippen LogP contribution in [-0.4, -0.2) is 53.0 Å². The molecular formula is C17H22N2O3. The van der Waals surface area contributed by atoms with E-state index in [1.807, 2.05) is 17.0 Å². The third-order valence-corrected chi connectivity index (χ3v) is 4.74. The molecule has 118 valence electrons. The molecule has 1 unspecified atom stereocenters. The van der Waals surface area contributed by atoms with Gasteiger partial charge in [-0.1, -0.05) is 12.1 Å². The second kappa shape index (κ2) is 6.08. The van der Waals surface area contributed by atoms with E-state index < -0.39 is 5.97 Å². The molecule has 3 rings (SSSR count). The van der Waals surface area contributed by atoms with E-state index in [4.69, 9.17) is 5.11 Å². The Bertz CT molecular complexity index is 558. The van der Waals surface area contributed by atoms with Gasteiger partial charge in [-0.15, -0.1) is 0 Å². The van der Waals surface area contributed by atoms with E-state index in [1.54, 1.807) is 12.1 Å². The molecule has 0 bridgehead atoms. The number of carbonyl (C=O) groups is 2. The van der Waals surface area contributed by atoms with Gasteiger partial charge in [-0.05, 0) is 37.5 Å². The molecule has 5 heteroatoms. The van der Waals surface area contributed by atoms with Gasteiger partial charge in [-0.3, -0.25) is 9.69 Å². The van der Waals surface area contributed by atoms with Gasteiger partial charge in [0.05, 0.1) is 5.56 Å². The zero-order valence-corrected chi connectivity index (χ0v) is 12.9. The predicted octanol–water partition coefficient (Wildman–Crippen LogP) is 2.00. The lowest BCUT2D eigenvalue weighted by atomic mass is 10.0. The first kappa shape index (κ1) is 15.0. The summed E-state index contributed by atoms with van der Waals surface area (Å²) in [7, 11) is 0. The predicted molar refractivity (Wildman–Crippen MR) is 82.7 cm³/mol. The number of amides is 1. The normalized spacial score (nSPS) is 20.7. The Kier molecular flexibility index (Phi) is 4.16. The number of rotatable bonds is 4. The molecule has 0 aromatic heterocycles. The number of carbonyl (C=O) groups excluding carboxylic acids is 1. The Morgan fingerprint density at radius 1 is 1.09 bits per heavy atom. The summed E-state index contributed by atoms with van der Waals surface area (Å²) in [6.45, 7) is 5.48. The van der Waals surface area contributed by atoms with Crippen LogP contribution in [0.2, 0.25) is 0 Å². The van der Waals surface area contributed by atoms with E-state index >= 15 is 0 Å². The number of carboxylic acids is 1.